The lowest BCUT2D eigenvalue weighted by Crippen LogP contribution is -2.36. The molecule has 0 saturated carbocycles. The minimum absolute atomic E-state index is 0.0304. The Morgan fingerprint density at radius 3 is 2.59 bits per heavy atom. The van der Waals surface area contributed by atoms with Gasteiger partial charge in [0.2, 0.25) is 11.8 Å². The molecule has 1 aromatic carbocycles. The van der Waals surface area contributed by atoms with Gasteiger partial charge in [-0.15, -0.1) is 0 Å². The van der Waals surface area contributed by atoms with Gasteiger partial charge in [-0.05, 0) is 36.4 Å². The average Bonchev–Trinajstić information content (AvgIpc) is 2.88. The average molecular weight is 463 g/mol. The fraction of sp³-hybridized carbons (Fsp3) is 0.360. The molecule has 0 bridgehead atoms. The fourth-order valence-corrected chi connectivity index (χ4v) is 3.62. The van der Waals surface area contributed by atoms with Gasteiger partial charge in [0.05, 0.1) is 37.0 Å². The van der Waals surface area contributed by atoms with Crippen molar-refractivity contribution in [1.29, 1.82) is 0 Å². The van der Waals surface area contributed by atoms with E-state index in [1.165, 1.54) is 0 Å². The number of nitrogens with zero attached hydrogens (tertiary/aromatic N) is 6. The van der Waals surface area contributed by atoms with Crippen molar-refractivity contribution in [2.75, 3.05) is 63.3 Å². The second kappa shape index (κ2) is 10.9. The quantitative estimate of drug-likeness (QED) is 0.505. The van der Waals surface area contributed by atoms with Crippen LogP contribution in [0.5, 0.6) is 11.6 Å². The molecule has 1 saturated heterocycles. The number of morpholine rings is 1. The SMILES string of the molecule is CC(=O)N(C)CCN(C)c1cncc(Oc2ccc(-c3ncccc3N3CCOCC3)cc2)n1. The molecule has 3 heterocycles. The zero-order chi connectivity index (χ0) is 23.9. The molecule has 9 nitrogen and oxygen atoms in total. The Bertz CT molecular complexity index is 1100. The fourth-order valence-electron chi connectivity index (χ4n) is 3.62. The molecule has 0 unspecified atom stereocenters. The number of hydrogen-bond donors (Lipinski definition) is 0. The van der Waals surface area contributed by atoms with E-state index < -0.39 is 0 Å². The van der Waals surface area contributed by atoms with Crippen molar-refractivity contribution in [1.82, 2.24) is 19.9 Å². The van der Waals surface area contributed by atoms with Crippen LogP contribution < -0.4 is 14.5 Å². The molecule has 4 rings (SSSR count). The van der Waals surface area contributed by atoms with Crippen molar-refractivity contribution in [3.05, 3.63) is 55.0 Å². The molecule has 3 aromatic rings. The third-order valence-corrected chi connectivity index (χ3v) is 5.79. The Morgan fingerprint density at radius 1 is 1.09 bits per heavy atom. The molecule has 1 aliphatic rings. The van der Waals surface area contributed by atoms with Crippen LogP contribution in [-0.4, -0.2) is 79.2 Å². The number of carbonyl (C=O) groups excluding carboxylic acids is 1. The summed E-state index contributed by atoms with van der Waals surface area (Å²) in [5.74, 6) is 1.78. The van der Waals surface area contributed by atoms with Crippen LogP contribution in [-0.2, 0) is 9.53 Å². The van der Waals surface area contributed by atoms with Gasteiger partial charge in [0.25, 0.3) is 0 Å². The highest BCUT2D eigenvalue weighted by molar-refractivity contribution is 5.75. The number of hydrogen-bond acceptors (Lipinski definition) is 8. The van der Waals surface area contributed by atoms with Crippen LogP contribution in [0.15, 0.2) is 55.0 Å². The van der Waals surface area contributed by atoms with Crippen molar-refractivity contribution in [2.24, 2.45) is 0 Å². The second-order valence-electron chi connectivity index (χ2n) is 8.17. The lowest BCUT2D eigenvalue weighted by Gasteiger charge is -2.30. The Morgan fingerprint density at radius 2 is 1.85 bits per heavy atom. The number of likely N-dealkylation sites (N-methyl/N-ethyl adjacent to an activating group) is 2. The van der Waals surface area contributed by atoms with Gasteiger partial charge in [0.1, 0.15) is 5.75 Å². The summed E-state index contributed by atoms with van der Waals surface area (Å²) in [6.07, 6.45) is 5.08. The summed E-state index contributed by atoms with van der Waals surface area (Å²) in [6.45, 7) is 5.95. The zero-order valence-electron chi connectivity index (χ0n) is 19.8. The topological polar surface area (TPSA) is 83.9 Å². The first kappa shape index (κ1) is 23.4. The monoisotopic (exact) mass is 462 g/mol. The maximum Gasteiger partial charge on any atom is 0.239 e. The smallest absolute Gasteiger partial charge is 0.239 e. The molecule has 0 N–H and O–H groups in total. The van der Waals surface area contributed by atoms with Crippen molar-refractivity contribution in [3.63, 3.8) is 0 Å². The Balaban J connectivity index is 1.44. The van der Waals surface area contributed by atoms with Crippen LogP contribution in [0.2, 0.25) is 0 Å². The Kier molecular flexibility index (Phi) is 7.54. The van der Waals surface area contributed by atoms with Gasteiger partial charge in [-0.2, -0.15) is 4.98 Å². The molecule has 1 fully saturated rings. The first-order valence-electron chi connectivity index (χ1n) is 11.3. The van der Waals surface area contributed by atoms with Crippen LogP contribution >= 0.6 is 0 Å². The second-order valence-corrected chi connectivity index (χ2v) is 8.17. The molecular weight excluding hydrogens is 432 g/mol. The van der Waals surface area contributed by atoms with Crippen molar-refractivity contribution in [2.45, 2.75) is 6.92 Å². The molecule has 0 spiro atoms. The number of amides is 1. The maximum atomic E-state index is 11.4. The molecule has 1 amide bonds. The highest BCUT2D eigenvalue weighted by Gasteiger charge is 2.16. The molecule has 0 radical (unpaired) electrons. The van der Waals surface area contributed by atoms with Crippen molar-refractivity contribution >= 4 is 17.4 Å². The summed E-state index contributed by atoms with van der Waals surface area (Å²) >= 11 is 0. The highest BCUT2D eigenvalue weighted by atomic mass is 16.5. The van der Waals surface area contributed by atoms with E-state index in [9.17, 15) is 4.79 Å². The van der Waals surface area contributed by atoms with Gasteiger partial charge in [-0.25, -0.2) is 0 Å². The Hall–Kier alpha value is -3.72. The normalized spacial score (nSPS) is 13.4. The largest absolute Gasteiger partial charge is 0.437 e. The first-order chi connectivity index (χ1) is 16.5. The van der Waals surface area contributed by atoms with Gasteiger partial charge < -0.3 is 24.2 Å². The van der Waals surface area contributed by atoms with E-state index in [2.05, 4.69) is 25.9 Å². The third kappa shape index (κ3) is 5.79. The van der Waals surface area contributed by atoms with Gasteiger partial charge in [-0.1, -0.05) is 0 Å². The van der Waals surface area contributed by atoms with E-state index >= 15 is 0 Å². The minimum Gasteiger partial charge on any atom is -0.437 e. The van der Waals surface area contributed by atoms with E-state index in [1.807, 2.05) is 48.5 Å². The maximum absolute atomic E-state index is 11.4. The predicted molar refractivity (Wildman–Crippen MR) is 131 cm³/mol. The molecule has 0 aliphatic carbocycles. The minimum atomic E-state index is 0.0304. The molecule has 178 valence electrons. The molecule has 0 atom stereocenters. The van der Waals surface area contributed by atoms with Crippen LogP contribution in [0, 0.1) is 0 Å². The summed E-state index contributed by atoms with van der Waals surface area (Å²) in [5.41, 5.74) is 3.06. The number of anilines is 2. The zero-order valence-corrected chi connectivity index (χ0v) is 19.8. The van der Waals surface area contributed by atoms with Gasteiger partial charge in [-0.3, -0.25) is 14.8 Å². The van der Waals surface area contributed by atoms with Crippen molar-refractivity contribution < 1.29 is 14.3 Å². The summed E-state index contributed by atoms with van der Waals surface area (Å²) < 4.78 is 11.4. The molecule has 34 heavy (non-hydrogen) atoms. The predicted octanol–water partition coefficient (Wildman–Crippen LogP) is 3.08. The Labute approximate surface area is 200 Å². The third-order valence-electron chi connectivity index (χ3n) is 5.79. The summed E-state index contributed by atoms with van der Waals surface area (Å²) in [6, 6.07) is 11.9. The molecular formula is C25H30N6O3. The summed E-state index contributed by atoms with van der Waals surface area (Å²) in [5, 5.41) is 0. The van der Waals surface area contributed by atoms with E-state index in [0.29, 0.717) is 30.5 Å². The van der Waals surface area contributed by atoms with E-state index in [-0.39, 0.29) is 5.91 Å². The van der Waals surface area contributed by atoms with E-state index in [0.717, 1.165) is 43.2 Å². The number of aromatic nitrogens is 3. The molecule has 2 aromatic heterocycles. The first-order valence-corrected chi connectivity index (χ1v) is 11.3. The summed E-state index contributed by atoms with van der Waals surface area (Å²) in [7, 11) is 3.69. The van der Waals surface area contributed by atoms with Gasteiger partial charge in [0.15, 0.2) is 5.82 Å². The standard InChI is InChI=1S/C25H30N6O3/c1-19(32)29(2)11-12-30(3)23-17-26-18-24(28-23)34-21-8-6-20(7-9-21)25-22(5-4-10-27-25)31-13-15-33-16-14-31/h4-10,17-18H,11-16H2,1-3H3. The lowest BCUT2D eigenvalue weighted by atomic mass is 10.1. The number of rotatable bonds is 8. The van der Waals surface area contributed by atoms with Crippen LogP contribution in [0.1, 0.15) is 6.92 Å². The highest BCUT2D eigenvalue weighted by Crippen LogP contribution is 2.31. The van der Waals surface area contributed by atoms with Crippen LogP contribution in [0.25, 0.3) is 11.3 Å². The number of ether oxygens (including phenoxy) is 2. The molecule has 9 heteroatoms. The van der Waals surface area contributed by atoms with E-state index in [1.54, 1.807) is 31.3 Å². The lowest BCUT2D eigenvalue weighted by molar-refractivity contribution is -0.127. The van der Waals surface area contributed by atoms with Crippen LogP contribution in [0.4, 0.5) is 11.5 Å². The van der Waals surface area contributed by atoms with Gasteiger partial charge in [0, 0.05) is 59.0 Å². The number of benzene rings is 1. The molecule has 1 aliphatic heterocycles. The van der Waals surface area contributed by atoms with Gasteiger partial charge >= 0.3 is 0 Å². The van der Waals surface area contributed by atoms with Crippen LogP contribution in [0.3, 0.4) is 0 Å². The van der Waals surface area contributed by atoms with E-state index in [4.69, 9.17) is 9.47 Å². The number of carbonyl (C=O) groups is 1. The summed E-state index contributed by atoms with van der Waals surface area (Å²) in [4.78, 5) is 30.8. The van der Waals surface area contributed by atoms with Crippen molar-refractivity contribution in [3.8, 4) is 22.9 Å². The number of pyridine rings is 1.